The van der Waals surface area contributed by atoms with Crippen LogP contribution in [0.4, 0.5) is 4.79 Å². The van der Waals surface area contributed by atoms with E-state index < -0.39 is 6.09 Å². The molecule has 138 valence electrons. The Balaban J connectivity index is 1.68. The van der Waals surface area contributed by atoms with Crippen LogP contribution in [0.15, 0.2) is 60.7 Å². The van der Waals surface area contributed by atoms with E-state index in [-0.39, 0.29) is 12.1 Å². The Hall–Kier alpha value is -2.59. The Labute approximate surface area is 156 Å². The van der Waals surface area contributed by atoms with Crippen LogP contribution in [0.2, 0.25) is 0 Å². The molecule has 1 amide bonds. The zero-order valence-corrected chi connectivity index (χ0v) is 15.8. The summed E-state index contributed by atoms with van der Waals surface area (Å²) in [5, 5.41) is 6.18. The van der Waals surface area contributed by atoms with Gasteiger partial charge in [-0.25, -0.2) is 4.79 Å². The molecule has 0 saturated carbocycles. The van der Waals surface area contributed by atoms with Crippen LogP contribution < -0.4 is 10.6 Å². The molecule has 0 fully saturated rings. The molecule has 0 atom stereocenters. The molecular formula is C22H28N2O2. The van der Waals surface area contributed by atoms with Crippen molar-refractivity contribution in [1.82, 2.24) is 10.6 Å². The third kappa shape index (κ3) is 7.99. The van der Waals surface area contributed by atoms with Gasteiger partial charge in [-0.1, -0.05) is 66.7 Å². The first-order valence-corrected chi connectivity index (χ1v) is 8.87. The molecule has 26 heavy (non-hydrogen) atoms. The Morgan fingerprint density at radius 3 is 2.35 bits per heavy atom. The number of amides is 1. The minimum atomic E-state index is -0.415. The molecule has 0 heterocycles. The highest BCUT2D eigenvalue weighted by molar-refractivity contribution is 5.67. The molecule has 2 rings (SSSR count). The summed E-state index contributed by atoms with van der Waals surface area (Å²) in [6.07, 6.45) is 3.48. The Bertz CT molecular complexity index is 701. The molecule has 0 unspecified atom stereocenters. The zero-order chi connectivity index (χ0) is 18.8. The van der Waals surface area contributed by atoms with Crippen molar-refractivity contribution < 1.29 is 9.53 Å². The lowest BCUT2D eigenvalue weighted by atomic mass is 10.1. The summed E-state index contributed by atoms with van der Waals surface area (Å²) in [7, 11) is 0. The van der Waals surface area contributed by atoms with E-state index in [9.17, 15) is 4.79 Å². The van der Waals surface area contributed by atoms with Crippen LogP contribution >= 0.6 is 0 Å². The standard InChI is InChI=1S/C22H28N2O2/c1-22(2,3)24-16-19-13-11-18(12-14-19)10-7-15-23-21(25)26-17-20-8-5-4-6-9-20/h4-14,24H,15-17H2,1-3H3,(H,23,25). The number of hydrogen-bond donors (Lipinski definition) is 2. The van der Waals surface area contributed by atoms with E-state index in [1.807, 2.05) is 42.5 Å². The monoisotopic (exact) mass is 352 g/mol. The van der Waals surface area contributed by atoms with Crippen LogP contribution in [0.5, 0.6) is 0 Å². The van der Waals surface area contributed by atoms with Crippen LogP contribution in [0, 0.1) is 0 Å². The summed E-state index contributed by atoms with van der Waals surface area (Å²) in [4.78, 5) is 11.7. The molecule has 0 aliphatic heterocycles. The molecule has 0 saturated heterocycles. The van der Waals surface area contributed by atoms with Gasteiger partial charge in [-0.05, 0) is 37.5 Å². The first kappa shape index (κ1) is 19.7. The molecule has 0 radical (unpaired) electrons. The second-order valence-electron chi connectivity index (χ2n) is 7.19. The number of ether oxygens (including phenoxy) is 1. The van der Waals surface area contributed by atoms with Gasteiger partial charge >= 0.3 is 6.09 Å². The summed E-state index contributed by atoms with van der Waals surface area (Å²) in [5.41, 5.74) is 3.43. The smallest absolute Gasteiger partial charge is 0.407 e. The lowest BCUT2D eigenvalue weighted by Gasteiger charge is -2.20. The van der Waals surface area contributed by atoms with E-state index in [2.05, 4.69) is 55.7 Å². The topological polar surface area (TPSA) is 50.4 Å². The van der Waals surface area contributed by atoms with Crippen molar-refractivity contribution in [3.8, 4) is 0 Å². The van der Waals surface area contributed by atoms with E-state index in [1.54, 1.807) is 0 Å². The fraction of sp³-hybridized carbons (Fsp3) is 0.318. The van der Waals surface area contributed by atoms with Crippen LogP contribution in [-0.2, 0) is 17.9 Å². The highest BCUT2D eigenvalue weighted by Gasteiger charge is 2.07. The van der Waals surface area contributed by atoms with E-state index >= 15 is 0 Å². The van der Waals surface area contributed by atoms with Crippen molar-refractivity contribution in [2.24, 2.45) is 0 Å². The van der Waals surface area contributed by atoms with Crippen molar-refractivity contribution in [3.05, 3.63) is 77.4 Å². The number of benzene rings is 2. The molecule has 2 aromatic rings. The molecule has 4 nitrogen and oxygen atoms in total. The quantitative estimate of drug-likeness (QED) is 0.770. The molecule has 0 spiro atoms. The van der Waals surface area contributed by atoms with Gasteiger partial charge in [0, 0.05) is 18.6 Å². The molecule has 4 heteroatoms. The van der Waals surface area contributed by atoms with Gasteiger partial charge in [-0.2, -0.15) is 0 Å². The number of rotatable bonds is 7. The minimum Gasteiger partial charge on any atom is -0.445 e. The highest BCUT2D eigenvalue weighted by atomic mass is 16.5. The SMILES string of the molecule is CC(C)(C)NCc1ccc(C=CCNC(=O)OCc2ccccc2)cc1. The van der Waals surface area contributed by atoms with Crippen molar-refractivity contribution in [1.29, 1.82) is 0 Å². The summed E-state index contributed by atoms with van der Waals surface area (Å²) >= 11 is 0. The fourth-order valence-electron chi connectivity index (χ4n) is 2.23. The number of alkyl carbamates (subject to hydrolysis) is 1. The van der Waals surface area contributed by atoms with Gasteiger partial charge in [0.2, 0.25) is 0 Å². The molecule has 0 aliphatic carbocycles. The molecule has 0 aromatic heterocycles. The van der Waals surface area contributed by atoms with E-state index in [0.29, 0.717) is 6.54 Å². The fourth-order valence-corrected chi connectivity index (χ4v) is 2.23. The van der Waals surface area contributed by atoms with Gasteiger partial charge in [0.1, 0.15) is 6.61 Å². The van der Waals surface area contributed by atoms with Crippen molar-refractivity contribution >= 4 is 12.2 Å². The Kier molecular flexibility index (Phi) is 7.42. The zero-order valence-electron chi connectivity index (χ0n) is 15.8. The number of carbonyl (C=O) groups is 1. The maximum Gasteiger partial charge on any atom is 0.407 e. The van der Waals surface area contributed by atoms with Crippen molar-refractivity contribution in [2.75, 3.05) is 6.54 Å². The Morgan fingerprint density at radius 1 is 1.00 bits per heavy atom. The predicted octanol–water partition coefficient (Wildman–Crippen LogP) is 4.51. The van der Waals surface area contributed by atoms with Crippen LogP contribution in [-0.4, -0.2) is 18.2 Å². The summed E-state index contributed by atoms with van der Waals surface area (Å²) in [6.45, 7) is 8.02. The van der Waals surface area contributed by atoms with Crippen molar-refractivity contribution in [3.63, 3.8) is 0 Å². The van der Waals surface area contributed by atoms with Gasteiger partial charge in [0.15, 0.2) is 0 Å². The average molecular weight is 352 g/mol. The molecular weight excluding hydrogens is 324 g/mol. The molecule has 0 bridgehead atoms. The van der Waals surface area contributed by atoms with E-state index in [1.165, 1.54) is 5.56 Å². The average Bonchev–Trinajstić information content (AvgIpc) is 2.63. The molecule has 0 aliphatic rings. The van der Waals surface area contributed by atoms with Gasteiger partial charge in [0.05, 0.1) is 0 Å². The number of hydrogen-bond acceptors (Lipinski definition) is 3. The van der Waals surface area contributed by atoms with Gasteiger partial charge < -0.3 is 15.4 Å². The molecule has 2 aromatic carbocycles. The number of carbonyl (C=O) groups excluding carboxylic acids is 1. The highest BCUT2D eigenvalue weighted by Crippen LogP contribution is 2.08. The Morgan fingerprint density at radius 2 is 1.69 bits per heavy atom. The predicted molar refractivity (Wildman–Crippen MR) is 107 cm³/mol. The summed E-state index contributed by atoms with van der Waals surface area (Å²) < 4.78 is 5.16. The van der Waals surface area contributed by atoms with E-state index in [4.69, 9.17) is 4.74 Å². The third-order valence-corrected chi connectivity index (χ3v) is 3.69. The normalized spacial score (nSPS) is 11.5. The van der Waals surface area contributed by atoms with Crippen LogP contribution in [0.1, 0.15) is 37.5 Å². The summed E-state index contributed by atoms with van der Waals surface area (Å²) in [6, 6.07) is 18.0. The maximum atomic E-state index is 11.7. The van der Waals surface area contributed by atoms with E-state index in [0.717, 1.165) is 17.7 Å². The second kappa shape index (κ2) is 9.78. The van der Waals surface area contributed by atoms with Gasteiger partial charge in [0.25, 0.3) is 0 Å². The largest absolute Gasteiger partial charge is 0.445 e. The lowest BCUT2D eigenvalue weighted by molar-refractivity contribution is 0.141. The third-order valence-electron chi connectivity index (χ3n) is 3.69. The maximum absolute atomic E-state index is 11.7. The molecule has 2 N–H and O–H groups in total. The lowest BCUT2D eigenvalue weighted by Crippen LogP contribution is -2.35. The van der Waals surface area contributed by atoms with Crippen LogP contribution in [0.25, 0.3) is 6.08 Å². The first-order chi connectivity index (χ1) is 12.4. The van der Waals surface area contributed by atoms with Gasteiger partial charge in [-0.15, -0.1) is 0 Å². The van der Waals surface area contributed by atoms with Crippen molar-refractivity contribution in [2.45, 2.75) is 39.5 Å². The van der Waals surface area contributed by atoms with Crippen LogP contribution in [0.3, 0.4) is 0 Å². The number of nitrogens with one attached hydrogen (secondary N) is 2. The first-order valence-electron chi connectivity index (χ1n) is 8.87. The minimum absolute atomic E-state index is 0.110. The summed E-state index contributed by atoms with van der Waals surface area (Å²) in [5.74, 6) is 0. The van der Waals surface area contributed by atoms with Gasteiger partial charge in [-0.3, -0.25) is 0 Å². The second-order valence-corrected chi connectivity index (χ2v) is 7.19.